The van der Waals surface area contributed by atoms with Crippen molar-refractivity contribution in [3.63, 3.8) is 0 Å². The number of hydrogen-bond acceptors (Lipinski definition) is 3. The van der Waals surface area contributed by atoms with Crippen molar-refractivity contribution >= 4 is 27.8 Å². The molecule has 0 unspecified atom stereocenters. The highest BCUT2D eigenvalue weighted by Crippen LogP contribution is 2.28. The highest BCUT2D eigenvalue weighted by Gasteiger charge is 2.28. The number of carbonyl (C=O) groups is 1. The van der Waals surface area contributed by atoms with Crippen LogP contribution in [-0.4, -0.2) is 46.0 Å². The van der Waals surface area contributed by atoms with Gasteiger partial charge in [0.2, 0.25) is 0 Å². The average Bonchev–Trinajstić information content (AvgIpc) is 3.36. The van der Waals surface area contributed by atoms with Gasteiger partial charge in [0.05, 0.1) is 18.1 Å². The molecule has 1 fully saturated rings. The normalized spacial score (nSPS) is 17.3. The first kappa shape index (κ1) is 16.9. The lowest BCUT2D eigenvalue weighted by molar-refractivity contribution is 0.0700. The summed E-state index contributed by atoms with van der Waals surface area (Å²) in [4.78, 5) is 26.5. The van der Waals surface area contributed by atoms with Crippen molar-refractivity contribution < 1.29 is 9.53 Å². The van der Waals surface area contributed by atoms with E-state index >= 15 is 0 Å². The SMILES string of the molecule is COc1ccc2[nH]c(C(=O)N3CCC[C@H](c4nc5ccccc5[nH]4)C3)cc2c1. The van der Waals surface area contributed by atoms with E-state index < -0.39 is 0 Å². The first-order chi connectivity index (χ1) is 13.7. The van der Waals surface area contributed by atoms with Crippen molar-refractivity contribution in [1.82, 2.24) is 19.9 Å². The molecule has 0 aliphatic carbocycles. The van der Waals surface area contributed by atoms with Gasteiger partial charge in [-0.1, -0.05) is 12.1 Å². The van der Waals surface area contributed by atoms with Crippen molar-refractivity contribution in [2.45, 2.75) is 18.8 Å². The molecule has 28 heavy (non-hydrogen) atoms. The van der Waals surface area contributed by atoms with Crippen LogP contribution in [0, 0.1) is 0 Å². The Morgan fingerprint density at radius 1 is 1.14 bits per heavy atom. The zero-order chi connectivity index (χ0) is 19.1. The molecule has 1 aliphatic rings. The molecular weight excluding hydrogens is 352 g/mol. The van der Waals surface area contributed by atoms with Crippen LogP contribution in [0.3, 0.4) is 0 Å². The fraction of sp³-hybridized carbons (Fsp3) is 0.273. The number of methoxy groups -OCH3 is 1. The van der Waals surface area contributed by atoms with Gasteiger partial charge in [-0.15, -0.1) is 0 Å². The number of likely N-dealkylation sites (tertiary alicyclic amines) is 1. The number of aromatic amines is 2. The van der Waals surface area contributed by atoms with E-state index in [0.29, 0.717) is 12.2 Å². The van der Waals surface area contributed by atoms with Gasteiger partial charge in [0.15, 0.2) is 0 Å². The van der Waals surface area contributed by atoms with Crippen molar-refractivity contribution in [3.8, 4) is 5.75 Å². The molecule has 1 aliphatic heterocycles. The number of carbonyl (C=O) groups excluding carboxylic acids is 1. The molecule has 3 heterocycles. The second kappa shape index (κ2) is 6.71. The summed E-state index contributed by atoms with van der Waals surface area (Å²) in [6.45, 7) is 1.45. The Balaban J connectivity index is 1.39. The van der Waals surface area contributed by atoms with Gasteiger partial charge in [-0.3, -0.25) is 4.79 Å². The van der Waals surface area contributed by atoms with Crippen molar-refractivity contribution in [2.75, 3.05) is 20.2 Å². The maximum Gasteiger partial charge on any atom is 0.270 e. The van der Waals surface area contributed by atoms with Gasteiger partial charge < -0.3 is 19.6 Å². The van der Waals surface area contributed by atoms with Crippen LogP contribution in [-0.2, 0) is 0 Å². The number of nitrogens with one attached hydrogen (secondary N) is 2. The Labute approximate surface area is 162 Å². The molecule has 2 aromatic carbocycles. The van der Waals surface area contributed by atoms with Crippen LogP contribution in [0.15, 0.2) is 48.5 Å². The molecule has 1 atom stereocenters. The standard InChI is InChI=1S/C22H22N4O2/c1-28-16-8-9-17-15(11-16)12-20(23-17)22(27)26-10-4-5-14(13-26)21-24-18-6-2-3-7-19(18)25-21/h2-3,6-9,11-12,14,23H,4-5,10,13H2,1H3,(H,24,25)/t14-/m0/s1. The van der Waals surface area contributed by atoms with Gasteiger partial charge in [0.1, 0.15) is 17.3 Å². The number of fused-ring (bicyclic) bond motifs is 2. The van der Waals surface area contributed by atoms with Crippen LogP contribution in [0.2, 0.25) is 0 Å². The number of piperidine rings is 1. The Kier molecular flexibility index (Phi) is 4.04. The molecule has 0 bridgehead atoms. The summed E-state index contributed by atoms with van der Waals surface area (Å²) in [5.74, 6) is 2.03. The first-order valence-electron chi connectivity index (χ1n) is 9.62. The molecule has 0 spiro atoms. The number of imidazole rings is 1. The molecular formula is C22H22N4O2. The fourth-order valence-electron chi connectivity index (χ4n) is 4.07. The van der Waals surface area contributed by atoms with Crippen LogP contribution in [0.4, 0.5) is 0 Å². The van der Waals surface area contributed by atoms with Crippen LogP contribution < -0.4 is 4.74 Å². The van der Waals surface area contributed by atoms with E-state index in [9.17, 15) is 4.79 Å². The lowest BCUT2D eigenvalue weighted by Crippen LogP contribution is -2.39. The van der Waals surface area contributed by atoms with Crippen LogP contribution in [0.25, 0.3) is 21.9 Å². The number of nitrogens with zero attached hydrogens (tertiary/aromatic N) is 2. The molecule has 1 amide bonds. The third-order valence-electron chi connectivity index (χ3n) is 5.56. The number of para-hydroxylation sites is 2. The molecule has 0 saturated carbocycles. The topological polar surface area (TPSA) is 74.0 Å². The summed E-state index contributed by atoms with van der Waals surface area (Å²) in [5, 5.41) is 0.980. The van der Waals surface area contributed by atoms with Crippen LogP contribution in [0.1, 0.15) is 35.1 Å². The van der Waals surface area contributed by atoms with Crippen molar-refractivity contribution in [1.29, 1.82) is 0 Å². The number of hydrogen-bond donors (Lipinski definition) is 2. The van der Waals surface area contributed by atoms with Gasteiger partial charge in [-0.05, 0) is 49.2 Å². The molecule has 2 N–H and O–H groups in total. The van der Waals surface area contributed by atoms with E-state index in [0.717, 1.165) is 52.9 Å². The average molecular weight is 374 g/mol. The van der Waals surface area contributed by atoms with Gasteiger partial charge in [0.25, 0.3) is 5.91 Å². The number of benzene rings is 2. The molecule has 5 rings (SSSR count). The van der Waals surface area contributed by atoms with E-state index in [4.69, 9.17) is 9.72 Å². The molecule has 2 aromatic heterocycles. The van der Waals surface area contributed by atoms with Gasteiger partial charge in [-0.25, -0.2) is 4.98 Å². The van der Waals surface area contributed by atoms with Gasteiger partial charge in [-0.2, -0.15) is 0 Å². The number of amides is 1. The number of rotatable bonds is 3. The van der Waals surface area contributed by atoms with Crippen molar-refractivity contribution in [2.24, 2.45) is 0 Å². The summed E-state index contributed by atoms with van der Waals surface area (Å²) >= 11 is 0. The number of aromatic nitrogens is 3. The Hall–Kier alpha value is -3.28. The fourth-order valence-corrected chi connectivity index (χ4v) is 4.07. The Morgan fingerprint density at radius 2 is 2.04 bits per heavy atom. The monoisotopic (exact) mass is 374 g/mol. The highest BCUT2D eigenvalue weighted by molar-refractivity contribution is 5.98. The second-order valence-electron chi connectivity index (χ2n) is 7.37. The molecule has 0 radical (unpaired) electrons. The Morgan fingerprint density at radius 3 is 2.89 bits per heavy atom. The summed E-state index contributed by atoms with van der Waals surface area (Å²) < 4.78 is 5.28. The molecule has 6 nitrogen and oxygen atoms in total. The second-order valence-corrected chi connectivity index (χ2v) is 7.37. The maximum absolute atomic E-state index is 13.1. The maximum atomic E-state index is 13.1. The minimum atomic E-state index is 0.0379. The van der Waals surface area contributed by atoms with Crippen molar-refractivity contribution in [3.05, 3.63) is 60.0 Å². The summed E-state index contributed by atoms with van der Waals surface area (Å²) in [6, 6.07) is 15.7. The van der Waals surface area contributed by atoms with E-state index in [-0.39, 0.29) is 11.8 Å². The van der Waals surface area contributed by atoms with E-state index in [1.165, 1.54) is 0 Å². The predicted molar refractivity (Wildman–Crippen MR) is 109 cm³/mol. The first-order valence-corrected chi connectivity index (χ1v) is 9.62. The quantitative estimate of drug-likeness (QED) is 0.568. The third kappa shape index (κ3) is 2.91. The lowest BCUT2D eigenvalue weighted by atomic mass is 9.97. The smallest absolute Gasteiger partial charge is 0.270 e. The third-order valence-corrected chi connectivity index (χ3v) is 5.56. The van der Waals surface area contributed by atoms with Crippen LogP contribution in [0.5, 0.6) is 5.75 Å². The summed E-state index contributed by atoms with van der Waals surface area (Å²) in [6.07, 6.45) is 2.01. The van der Waals surface area contributed by atoms with Crippen LogP contribution >= 0.6 is 0 Å². The molecule has 1 saturated heterocycles. The summed E-state index contributed by atoms with van der Waals surface area (Å²) in [5.41, 5.74) is 3.58. The number of H-pyrrole nitrogens is 2. The zero-order valence-corrected chi connectivity index (χ0v) is 15.7. The largest absolute Gasteiger partial charge is 0.497 e. The van der Waals surface area contributed by atoms with E-state index in [1.54, 1.807) is 7.11 Å². The molecule has 6 heteroatoms. The lowest BCUT2D eigenvalue weighted by Gasteiger charge is -2.31. The molecule has 4 aromatic rings. The number of ether oxygens (including phenoxy) is 1. The van der Waals surface area contributed by atoms with E-state index in [2.05, 4.69) is 9.97 Å². The zero-order valence-electron chi connectivity index (χ0n) is 15.7. The highest BCUT2D eigenvalue weighted by atomic mass is 16.5. The Bertz CT molecular complexity index is 1130. The van der Waals surface area contributed by atoms with Gasteiger partial charge >= 0.3 is 0 Å². The minimum absolute atomic E-state index is 0.0379. The van der Waals surface area contributed by atoms with Gasteiger partial charge in [0, 0.05) is 29.9 Å². The predicted octanol–water partition coefficient (Wildman–Crippen LogP) is 4.07. The summed E-state index contributed by atoms with van der Waals surface area (Å²) in [7, 11) is 1.64. The molecule has 142 valence electrons. The minimum Gasteiger partial charge on any atom is -0.497 e. The van der Waals surface area contributed by atoms with E-state index in [1.807, 2.05) is 53.4 Å².